The highest BCUT2D eigenvalue weighted by Crippen LogP contribution is 2.45. The summed E-state index contributed by atoms with van der Waals surface area (Å²) in [6, 6.07) is 5.89. The summed E-state index contributed by atoms with van der Waals surface area (Å²) < 4.78 is 68.5. The number of benzene rings is 1. The fourth-order valence-corrected chi connectivity index (χ4v) is 5.51. The number of nitrogens with zero attached hydrogens (tertiary/aromatic N) is 4. The largest absolute Gasteiger partial charge is 0.486 e. The van der Waals surface area contributed by atoms with Crippen LogP contribution in [0.5, 0.6) is 11.5 Å². The van der Waals surface area contributed by atoms with Crippen molar-refractivity contribution in [2.45, 2.75) is 31.9 Å². The quantitative estimate of drug-likeness (QED) is 0.496. The number of amides is 1. The zero-order valence-corrected chi connectivity index (χ0v) is 21.2. The summed E-state index contributed by atoms with van der Waals surface area (Å²) in [4.78, 5) is 14.9. The van der Waals surface area contributed by atoms with Gasteiger partial charge >= 0.3 is 10.2 Å². The number of hydrogen-bond donors (Lipinski definition) is 1. The Labute approximate surface area is 212 Å². The lowest BCUT2D eigenvalue weighted by molar-refractivity contribution is 0.0698. The Hall–Kier alpha value is -3.45. The second-order valence-electron chi connectivity index (χ2n) is 9.00. The van der Waals surface area contributed by atoms with E-state index in [0.717, 1.165) is 16.4 Å². The molecule has 0 aliphatic carbocycles. The van der Waals surface area contributed by atoms with Crippen molar-refractivity contribution in [1.29, 1.82) is 0 Å². The number of carbonyl (C=O) groups excluding carboxylic acids is 1. The van der Waals surface area contributed by atoms with Crippen molar-refractivity contribution < 1.29 is 31.5 Å². The molecule has 0 bridgehead atoms. The fourth-order valence-electron chi connectivity index (χ4n) is 4.67. The van der Waals surface area contributed by atoms with Gasteiger partial charge in [-0.1, -0.05) is 6.92 Å². The average Bonchev–Trinajstić information content (AvgIpc) is 3.54. The predicted molar refractivity (Wildman–Crippen MR) is 131 cm³/mol. The van der Waals surface area contributed by atoms with Gasteiger partial charge in [0.25, 0.3) is 5.91 Å². The number of aromatic nitrogens is 2. The van der Waals surface area contributed by atoms with E-state index >= 15 is 0 Å². The summed E-state index contributed by atoms with van der Waals surface area (Å²) in [7, 11) is -2.63. The molecule has 0 saturated carbocycles. The van der Waals surface area contributed by atoms with E-state index in [2.05, 4.69) is 9.82 Å². The van der Waals surface area contributed by atoms with E-state index in [1.54, 1.807) is 19.2 Å². The second kappa shape index (κ2) is 9.78. The summed E-state index contributed by atoms with van der Waals surface area (Å²) in [5.74, 6) is -0.697. The normalized spacial score (nSPS) is 19.5. The van der Waals surface area contributed by atoms with E-state index in [0.29, 0.717) is 29.8 Å². The number of halogens is 2. The first kappa shape index (κ1) is 25.2. The molecule has 37 heavy (non-hydrogen) atoms. The van der Waals surface area contributed by atoms with Crippen LogP contribution in [0, 0.1) is 5.82 Å². The third-order valence-corrected chi connectivity index (χ3v) is 8.22. The van der Waals surface area contributed by atoms with Crippen molar-refractivity contribution in [3.8, 4) is 11.5 Å². The van der Waals surface area contributed by atoms with Crippen molar-refractivity contribution in [2.24, 2.45) is 0 Å². The number of rotatable bonds is 7. The lowest BCUT2D eigenvalue weighted by Gasteiger charge is -2.32. The first-order valence-electron chi connectivity index (χ1n) is 11.9. The van der Waals surface area contributed by atoms with Gasteiger partial charge in [-0.25, -0.2) is 18.0 Å². The van der Waals surface area contributed by atoms with Gasteiger partial charge in [-0.2, -0.15) is 17.8 Å². The lowest BCUT2D eigenvalue weighted by atomic mass is 10.0. The molecule has 1 saturated heterocycles. The maximum atomic E-state index is 14.5. The highest BCUT2D eigenvalue weighted by atomic mass is 32.2. The molecule has 1 unspecified atom stereocenters. The summed E-state index contributed by atoms with van der Waals surface area (Å²) >= 11 is 0. The van der Waals surface area contributed by atoms with E-state index in [1.165, 1.54) is 29.9 Å². The minimum Gasteiger partial charge on any atom is -0.486 e. The Kier molecular flexibility index (Phi) is 6.67. The molecular weight excluding hydrogens is 508 g/mol. The minimum absolute atomic E-state index is 0.00720. The second-order valence-corrected chi connectivity index (χ2v) is 10.8. The molecule has 0 radical (unpaired) electrons. The Bertz CT molecular complexity index is 1450. The van der Waals surface area contributed by atoms with Crippen molar-refractivity contribution in [3.63, 3.8) is 0 Å². The average molecular weight is 536 g/mol. The molecule has 2 aliphatic rings. The van der Waals surface area contributed by atoms with Crippen LogP contribution in [0.1, 0.15) is 41.7 Å². The summed E-state index contributed by atoms with van der Waals surface area (Å²) in [6.45, 7) is 1.78. The van der Waals surface area contributed by atoms with Crippen LogP contribution in [0.25, 0.3) is 5.52 Å². The number of carbonyl (C=O) groups is 1. The number of nitrogens with one attached hydrogen (secondary N) is 1. The van der Waals surface area contributed by atoms with Gasteiger partial charge in [-0.15, -0.1) is 0 Å². The van der Waals surface area contributed by atoms with Gasteiger partial charge in [0.05, 0.1) is 23.3 Å². The zero-order valence-electron chi connectivity index (χ0n) is 20.4. The molecule has 2 atom stereocenters. The monoisotopic (exact) mass is 535 g/mol. The van der Waals surface area contributed by atoms with Crippen LogP contribution < -0.4 is 19.1 Å². The molecule has 2 aliphatic heterocycles. The number of anilines is 1. The third kappa shape index (κ3) is 4.68. The third-order valence-electron chi connectivity index (χ3n) is 6.70. The zero-order chi connectivity index (χ0) is 26.3. The first-order valence-corrected chi connectivity index (χ1v) is 13.4. The van der Waals surface area contributed by atoms with Crippen LogP contribution in [0.15, 0.2) is 36.7 Å². The van der Waals surface area contributed by atoms with Gasteiger partial charge in [0.2, 0.25) is 0 Å². The molecular formula is C24H27F2N5O5S. The molecule has 10 nitrogen and oxygen atoms in total. The SMILES string of the molecule is CCN(C)S(=O)(=O)NC(=O)c1cnn2ccc(N3CCC[C@@H]3c3cc(F)cc4c3OC(CF)CO4)cc12. The van der Waals surface area contributed by atoms with Gasteiger partial charge in [-0.3, -0.25) is 4.79 Å². The molecule has 5 rings (SSSR count). The van der Waals surface area contributed by atoms with Gasteiger partial charge in [0.1, 0.15) is 19.1 Å². The minimum atomic E-state index is -4.00. The fraction of sp³-hybridized carbons (Fsp3) is 0.417. The van der Waals surface area contributed by atoms with Gasteiger partial charge < -0.3 is 14.4 Å². The molecule has 1 aromatic carbocycles. The molecule has 1 amide bonds. The Balaban J connectivity index is 1.49. The molecule has 3 aromatic rings. The highest BCUT2D eigenvalue weighted by molar-refractivity contribution is 7.87. The van der Waals surface area contributed by atoms with Crippen LogP contribution >= 0.6 is 0 Å². The van der Waals surface area contributed by atoms with E-state index in [4.69, 9.17) is 9.47 Å². The van der Waals surface area contributed by atoms with Crippen molar-refractivity contribution in [1.82, 2.24) is 18.6 Å². The molecule has 198 valence electrons. The smallest absolute Gasteiger partial charge is 0.303 e. The Morgan fingerprint density at radius 2 is 2.14 bits per heavy atom. The van der Waals surface area contributed by atoms with Crippen LogP contribution in [0.2, 0.25) is 0 Å². The topological polar surface area (TPSA) is 105 Å². The van der Waals surface area contributed by atoms with Gasteiger partial charge in [0.15, 0.2) is 17.6 Å². The van der Waals surface area contributed by atoms with E-state index in [-0.39, 0.29) is 30.5 Å². The van der Waals surface area contributed by atoms with Crippen LogP contribution in [0.3, 0.4) is 0 Å². The summed E-state index contributed by atoms with van der Waals surface area (Å²) in [5.41, 5.74) is 1.80. The number of pyridine rings is 1. The first-order chi connectivity index (χ1) is 17.7. The highest BCUT2D eigenvalue weighted by Gasteiger charge is 2.34. The summed E-state index contributed by atoms with van der Waals surface area (Å²) in [6.07, 6.45) is 3.71. The van der Waals surface area contributed by atoms with Gasteiger partial charge in [-0.05, 0) is 31.0 Å². The lowest BCUT2D eigenvalue weighted by Crippen LogP contribution is -2.41. The number of alkyl halides is 1. The van der Waals surface area contributed by atoms with Crippen molar-refractivity contribution in [2.75, 3.05) is 38.3 Å². The molecule has 4 heterocycles. The van der Waals surface area contributed by atoms with Crippen LogP contribution in [-0.4, -0.2) is 67.8 Å². The standard InChI is InChI=1S/C24H27F2N5O5S/c1-3-29(2)37(33,34)28-24(32)19-13-27-31-8-6-16(11-21(19)31)30-7-4-5-20(30)18-9-15(26)10-22-23(18)36-17(12-25)14-35-22/h6,8-11,13,17,20H,3-5,7,12,14H2,1-2H3,(H,28,32)/t17?,20-/m1/s1. The maximum absolute atomic E-state index is 14.5. The van der Waals surface area contributed by atoms with Crippen LogP contribution in [-0.2, 0) is 10.2 Å². The Morgan fingerprint density at radius 3 is 2.89 bits per heavy atom. The molecule has 0 spiro atoms. The Morgan fingerprint density at radius 1 is 1.32 bits per heavy atom. The van der Waals surface area contributed by atoms with E-state index in [1.807, 2.05) is 11.0 Å². The molecule has 2 aromatic heterocycles. The van der Waals surface area contributed by atoms with E-state index < -0.39 is 34.7 Å². The maximum Gasteiger partial charge on any atom is 0.303 e. The number of fused-ring (bicyclic) bond motifs is 2. The van der Waals surface area contributed by atoms with Gasteiger partial charge in [0, 0.05) is 43.7 Å². The van der Waals surface area contributed by atoms with Crippen molar-refractivity contribution >= 4 is 27.3 Å². The van der Waals surface area contributed by atoms with E-state index in [9.17, 15) is 22.0 Å². The molecule has 1 N–H and O–H groups in total. The van der Waals surface area contributed by atoms with Crippen LogP contribution in [0.4, 0.5) is 14.5 Å². The molecule has 13 heteroatoms. The summed E-state index contributed by atoms with van der Waals surface area (Å²) in [5, 5.41) is 4.17. The predicted octanol–water partition coefficient (Wildman–Crippen LogP) is 2.85. The number of ether oxygens (including phenoxy) is 2. The van der Waals surface area contributed by atoms with Crippen molar-refractivity contribution in [3.05, 3.63) is 53.6 Å². The number of hydrogen-bond acceptors (Lipinski definition) is 7. The molecule has 1 fully saturated rings.